The smallest absolute Gasteiger partial charge is 0.426 e. The number of benzene rings is 2. The molecule has 0 saturated carbocycles. The second-order valence-electron chi connectivity index (χ2n) is 16.6. The van der Waals surface area contributed by atoms with Gasteiger partial charge in [0.1, 0.15) is 37.4 Å². The third kappa shape index (κ3) is 19.8. The summed E-state index contributed by atoms with van der Waals surface area (Å²) in [6, 6.07) is 12.6. The van der Waals surface area contributed by atoms with E-state index in [1.807, 2.05) is 55.4 Å². The van der Waals surface area contributed by atoms with Crippen LogP contribution in [0.1, 0.15) is 92.2 Å². The van der Waals surface area contributed by atoms with Gasteiger partial charge in [-0.1, -0.05) is 116 Å². The standard InChI is InChI=1S/C43H66N8O11/c1-27(2)19-34(40(55)56)46-38(53)36(21-29(5)6)50(42(59)61-25-31-15-11-9-12-16-31)48-44-23-33(52)24-45-49-51(43(60)62-26-32-17-13-10-14-18-32)37(22-30(7)8)39(54)47-35(41(57)58)20-28(3)4/h9-18,27-30,34-37,44-45,48-49H,19-26H2,1-8H3,(H,46,53)(H,47,54)(H,55,56)(H,57,58)/t34-,35-,36-,37-/m0/s1. The summed E-state index contributed by atoms with van der Waals surface area (Å²) in [5.41, 5.74) is 11.8. The first-order valence-corrected chi connectivity index (χ1v) is 20.8. The molecule has 0 unspecified atom stereocenters. The number of carbonyl (C=O) groups is 7. The first kappa shape index (κ1) is 52.5. The summed E-state index contributed by atoms with van der Waals surface area (Å²) in [5, 5.41) is 26.5. The zero-order chi connectivity index (χ0) is 46.4. The quantitative estimate of drug-likeness (QED) is 0.0564. The van der Waals surface area contributed by atoms with E-state index in [2.05, 4.69) is 32.6 Å². The molecule has 0 aliphatic heterocycles. The van der Waals surface area contributed by atoms with Gasteiger partial charge >= 0.3 is 24.1 Å². The number of hydrazine groups is 4. The SMILES string of the molecule is CC(C)C[C@H](NC(=O)[C@H](CC(C)C)N(NNCC(=O)CNNN(C(=O)OCc1ccccc1)[C@@H](CC(C)C)C(=O)N[C@@H](CC(C)C)C(=O)O)C(=O)OCc1ccccc1)C(=O)O. The van der Waals surface area contributed by atoms with Gasteiger partial charge in [0.25, 0.3) is 0 Å². The summed E-state index contributed by atoms with van der Waals surface area (Å²) in [7, 11) is 0. The number of carboxylic acids is 2. The zero-order valence-corrected chi connectivity index (χ0v) is 37.0. The summed E-state index contributed by atoms with van der Waals surface area (Å²) in [5.74, 6) is -4.97. The molecule has 8 N–H and O–H groups in total. The van der Waals surface area contributed by atoms with E-state index in [1.165, 1.54) is 0 Å². The molecule has 62 heavy (non-hydrogen) atoms. The van der Waals surface area contributed by atoms with E-state index >= 15 is 0 Å². The average molecular weight is 871 g/mol. The number of ether oxygens (including phenoxy) is 2. The van der Waals surface area contributed by atoms with Gasteiger partial charge in [-0.25, -0.2) is 40.0 Å². The maximum absolute atomic E-state index is 13.7. The fraction of sp³-hybridized carbons (Fsp3) is 0.558. The summed E-state index contributed by atoms with van der Waals surface area (Å²) < 4.78 is 11.1. The lowest BCUT2D eigenvalue weighted by molar-refractivity contribution is -0.143. The Kier molecular flexibility index (Phi) is 23.2. The van der Waals surface area contributed by atoms with Gasteiger partial charge in [0.15, 0.2) is 5.78 Å². The lowest BCUT2D eigenvalue weighted by atomic mass is 10.0. The number of carbonyl (C=O) groups excluding carboxylic acids is 5. The van der Waals surface area contributed by atoms with Crippen molar-refractivity contribution in [3.8, 4) is 0 Å². The number of hydrogen-bond donors (Lipinski definition) is 8. The Morgan fingerprint density at radius 2 is 0.839 bits per heavy atom. The lowest BCUT2D eigenvalue weighted by Crippen LogP contribution is -2.62. The second kappa shape index (κ2) is 27.3. The minimum atomic E-state index is -1.28. The number of rotatable bonds is 28. The zero-order valence-electron chi connectivity index (χ0n) is 37.0. The van der Waals surface area contributed by atoms with Crippen LogP contribution in [0.25, 0.3) is 0 Å². The van der Waals surface area contributed by atoms with Crippen molar-refractivity contribution in [3.05, 3.63) is 71.8 Å². The highest BCUT2D eigenvalue weighted by molar-refractivity contribution is 5.90. The van der Waals surface area contributed by atoms with Crippen LogP contribution in [0.5, 0.6) is 0 Å². The molecule has 0 heterocycles. The molecule has 0 aliphatic carbocycles. The largest absolute Gasteiger partial charge is 0.480 e. The molecule has 4 atom stereocenters. The summed E-state index contributed by atoms with van der Waals surface area (Å²) in [4.78, 5) is 91.9. The van der Waals surface area contributed by atoms with Crippen molar-refractivity contribution in [3.63, 3.8) is 0 Å². The minimum absolute atomic E-state index is 0.0648. The van der Waals surface area contributed by atoms with E-state index < -0.39 is 79.0 Å². The molecule has 344 valence electrons. The number of nitrogens with zero attached hydrogens (tertiary/aromatic N) is 2. The van der Waals surface area contributed by atoms with Crippen molar-refractivity contribution in [2.24, 2.45) is 23.7 Å². The fourth-order valence-electron chi connectivity index (χ4n) is 6.06. The highest BCUT2D eigenvalue weighted by Crippen LogP contribution is 2.16. The molecule has 2 rings (SSSR count). The van der Waals surface area contributed by atoms with Crippen molar-refractivity contribution in [2.45, 2.75) is 118 Å². The summed E-state index contributed by atoms with van der Waals surface area (Å²) in [6.07, 6.45) is -1.52. The third-order valence-corrected chi connectivity index (χ3v) is 9.04. The van der Waals surface area contributed by atoms with Crippen molar-refractivity contribution in [1.29, 1.82) is 0 Å². The van der Waals surface area contributed by atoms with Crippen LogP contribution in [-0.2, 0) is 46.7 Å². The topological polar surface area (TPSA) is 257 Å². The first-order valence-electron chi connectivity index (χ1n) is 20.8. The number of aliphatic carboxylic acids is 2. The van der Waals surface area contributed by atoms with Crippen LogP contribution < -0.4 is 32.6 Å². The van der Waals surface area contributed by atoms with Gasteiger partial charge < -0.3 is 30.3 Å². The summed E-state index contributed by atoms with van der Waals surface area (Å²) >= 11 is 0. The Labute approximate surface area is 363 Å². The Balaban J connectivity index is 2.29. The molecular formula is C43H66N8O11. The van der Waals surface area contributed by atoms with Crippen LogP contribution >= 0.6 is 0 Å². The van der Waals surface area contributed by atoms with E-state index in [4.69, 9.17) is 9.47 Å². The lowest BCUT2D eigenvalue weighted by Gasteiger charge is -2.32. The van der Waals surface area contributed by atoms with Gasteiger partial charge in [-0.15, -0.1) is 0 Å². The molecule has 0 fully saturated rings. The molecule has 0 aromatic heterocycles. The number of carboxylic acid groups (broad SMARTS) is 2. The minimum Gasteiger partial charge on any atom is -0.480 e. The van der Waals surface area contributed by atoms with Crippen LogP contribution in [-0.4, -0.2) is 99.2 Å². The van der Waals surface area contributed by atoms with Gasteiger partial charge in [-0.05, 0) is 60.5 Å². The van der Waals surface area contributed by atoms with Gasteiger partial charge in [0, 0.05) is 0 Å². The predicted molar refractivity (Wildman–Crippen MR) is 229 cm³/mol. The Hall–Kier alpha value is -5.63. The second-order valence-corrected chi connectivity index (χ2v) is 16.6. The van der Waals surface area contributed by atoms with Crippen LogP contribution in [0, 0.1) is 23.7 Å². The number of ketones is 1. The highest BCUT2D eigenvalue weighted by atomic mass is 16.6. The molecular weight excluding hydrogens is 805 g/mol. The van der Waals surface area contributed by atoms with Crippen LogP contribution in [0.3, 0.4) is 0 Å². The number of nitrogens with one attached hydrogen (secondary N) is 6. The number of amides is 4. The number of Topliss-reactive ketones (excluding diaryl/α,β-unsaturated/α-hetero) is 1. The van der Waals surface area contributed by atoms with Crippen LogP contribution in [0.15, 0.2) is 60.7 Å². The molecule has 19 heteroatoms. The van der Waals surface area contributed by atoms with E-state index in [-0.39, 0.29) is 62.6 Å². The van der Waals surface area contributed by atoms with Crippen molar-refractivity contribution in [1.82, 2.24) is 42.6 Å². The Morgan fingerprint density at radius 1 is 0.516 bits per heavy atom. The maximum Gasteiger partial charge on any atom is 0.426 e. The van der Waals surface area contributed by atoms with Crippen LogP contribution in [0.2, 0.25) is 0 Å². The Morgan fingerprint density at radius 3 is 1.13 bits per heavy atom. The molecule has 4 amide bonds. The van der Waals surface area contributed by atoms with Crippen LogP contribution in [0.4, 0.5) is 9.59 Å². The van der Waals surface area contributed by atoms with Crippen molar-refractivity contribution in [2.75, 3.05) is 13.1 Å². The molecule has 2 aromatic carbocycles. The van der Waals surface area contributed by atoms with Gasteiger partial charge in [0.05, 0.1) is 13.1 Å². The molecule has 0 saturated heterocycles. The van der Waals surface area contributed by atoms with Crippen molar-refractivity contribution < 1.29 is 53.2 Å². The van der Waals surface area contributed by atoms with Crippen molar-refractivity contribution >= 4 is 41.7 Å². The normalized spacial score (nSPS) is 13.2. The monoisotopic (exact) mass is 870 g/mol. The average Bonchev–Trinajstić information content (AvgIpc) is 3.20. The molecule has 0 spiro atoms. The fourth-order valence-corrected chi connectivity index (χ4v) is 6.06. The highest BCUT2D eigenvalue weighted by Gasteiger charge is 2.36. The molecule has 0 bridgehead atoms. The molecule has 2 aromatic rings. The maximum atomic E-state index is 13.7. The van der Waals surface area contributed by atoms with E-state index in [1.54, 1.807) is 60.7 Å². The van der Waals surface area contributed by atoms with Gasteiger partial charge in [-0.3, -0.25) is 14.4 Å². The molecule has 0 radical (unpaired) electrons. The van der Waals surface area contributed by atoms with E-state index in [0.29, 0.717) is 11.1 Å². The molecule has 19 nitrogen and oxygen atoms in total. The summed E-state index contributed by atoms with van der Waals surface area (Å²) in [6.45, 7) is 13.3. The predicted octanol–water partition coefficient (Wildman–Crippen LogP) is 3.91. The van der Waals surface area contributed by atoms with Gasteiger partial charge in [-0.2, -0.15) is 11.1 Å². The Bertz CT molecular complexity index is 1610. The van der Waals surface area contributed by atoms with E-state index in [9.17, 15) is 43.8 Å². The van der Waals surface area contributed by atoms with Gasteiger partial charge in [0.2, 0.25) is 11.8 Å². The third-order valence-electron chi connectivity index (χ3n) is 9.04. The molecule has 0 aliphatic rings. The first-order chi connectivity index (χ1) is 29.3. The number of hydrogen-bond acceptors (Lipinski definition) is 13. The van der Waals surface area contributed by atoms with E-state index in [0.717, 1.165) is 10.0 Å².